The maximum Gasteiger partial charge on any atom is 0.254 e. The zero-order valence-electron chi connectivity index (χ0n) is 11.8. The van der Waals surface area contributed by atoms with Gasteiger partial charge in [-0.1, -0.05) is 0 Å². The van der Waals surface area contributed by atoms with E-state index in [1.165, 1.54) is 0 Å². The Kier molecular flexibility index (Phi) is 3.30. The molecule has 0 saturated heterocycles. The van der Waals surface area contributed by atoms with E-state index in [-0.39, 0.29) is 11.7 Å². The summed E-state index contributed by atoms with van der Waals surface area (Å²) in [4.78, 5) is 19.5. The fourth-order valence-electron chi connectivity index (χ4n) is 2.54. The lowest BCUT2D eigenvalue weighted by Gasteiger charge is -2.10. The molecule has 3 rings (SSSR count). The Morgan fingerprint density at radius 2 is 1.95 bits per heavy atom. The Hall–Kier alpha value is -2.10. The van der Waals surface area contributed by atoms with E-state index in [0.717, 1.165) is 41.8 Å². The number of nitrogens with one attached hydrogen (secondary N) is 1. The van der Waals surface area contributed by atoms with Gasteiger partial charge < -0.3 is 9.72 Å². The second kappa shape index (κ2) is 5.12. The van der Waals surface area contributed by atoms with Crippen molar-refractivity contribution in [1.82, 2.24) is 9.97 Å². The molecule has 1 aliphatic rings. The lowest BCUT2D eigenvalue weighted by Crippen LogP contribution is -2.15. The van der Waals surface area contributed by atoms with Crippen molar-refractivity contribution in [2.24, 2.45) is 0 Å². The molecule has 1 N–H and O–H groups in total. The molecule has 0 atom stereocenters. The largest absolute Gasteiger partial charge is 0.491 e. The quantitative estimate of drug-likeness (QED) is 0.933. The summed E-state index contributed by atoms with van der Waals surface area (Å²) >= 11 is 0. The third-order valence-corrected chi connectivity index (χ3v) is 3.44. The Bertz CT molecular complexity index is 672. The Morgan fingerprint density at radius 3 is 2.65 bits per heavy atom. The predicted octanol–water partition coefficient (Wildman–Crippen LogP) is 2.71. The zero-order valence-corrected chi connectivity index (χ0v) is 11.8. The van der Waals surface area contributed by atoms with Crippen LogP contribution >= 0.6 is 0 Å². The monoisotopic (exact) mass is 270 g/mol. The predicted molar refractivity (Wildman–Crippen MR) is 78.1 cm³/mol. The highest BCUT2D eigenvalue weighted by molar-refractivity contribution is 5.56. The highest BCUT2D eigenvalue weighted by Gasteiger charge is 2.17. The zero-order chi connectivity index (χ0) is 14.1. The van der Waals surface area contributed by atoms with Gasteiger partial charge in [0.05, 0.1) is 11.8 Å². The van der Waals surface area contributed by atoms with Crippen molar-refractivity contribution in [3.8, 4) is 17.1 Å². The Balaban J connectivity index is 1.93. The molecule has 0 radical (unpaired) electrons. The van der Waals surface area contributed by atoms with Gasteiger partial charge in [0.15, 0.2) is 0 Å². The van der Waals surface area contributed by atoms with Crippen LogP contribution in [0.5, 0.6) is 5.75 Å². The smallest absolute Gasteiger partial charge is 0.254 e. The number of ether oxygens (including phenoxy) is 1. The fraction of sp³-hybridized carbons (Fsp3) is 0.375. The fourth-order valence-corrected chi connectivity index (χ4v) is 2.54. The van der Waals surface area contributed by atoms with Gasteiger partial charge in [-0.25, -0.2) is 4.98 Å². The van der Waals surface area contributed by atoms with Crippen molar-refractivity contribution < 1.29 is 4.74 Å². The summed E-state index contributed by atoms with van der Waals surface area (Å²) in [6.45, 7) is 3.99. The molecule has 0 spiro atoms. The number of hydrogen-bond donors (Lipinski definition) is 1. The average molecular weight is 270 g/mol. The number of nitrogens with zero attached hydrogens (tertiary/aromatic N) is 1. The number of aryl methyl sites for hydroxylation is 1. The number of hydrogen-bond acceptors (Lipinski definition) is 3. The van der Waals surface area contributed by atoms with E-state index in [0.29, 0.717) is 5.82 Å². The molecule has 0 amide bonds. The highest BCUT2D eigenvalue weighted by Crippen LogP contribution is 2.22. The topological polar surface area (TPSA) is 55.0 Å². The lowest BCUT2D eigenvalue weighted by molar-refractivity contribution is 0.242. The molecule has 1 heterocycles. The molecule has 4 heteroatoms. The first-order valence-corrected chi connectivity index (χ1v) is 7.02. The second-order valence-electron chi connectivity index (χ2n) is 5.38. The summed E-state index contributed by atoms with van der Waals surface area (Å²) in [6, 6.07) is 7.67. The molecule has 104 valence electrons. The molecule has 0 aliphatic heterocycles. The van der Waals surface area contributed by atoms with E-state index in [1.807, 2.05) is 38.1 Å². The maximum absolute atomic E-state index is 12.0. The summed E-state index contributed by atoms with van der Waals surface area (Å²) < 4.78 is 5.61. The first-order chi connectivity index (χ1) is 9.63. The number of benzene rings is 1. The molecule has 0 bridgehead atoms. The number of rotatable bonds is 3. The Labute approximate surface area is 117 Å². The lowest BCUT2D eigenvalue weighted by atomic mass is 10.2. The van der Waals surface area contributed by atoms with Gasteiger partial charge in [0, 0.05) is 11.1 Å². The van der Waals surface area contributed by atoms with Crippen molar-refractivity contribution in [2.75, 3.05) is 0 Å². The van der Waals surface area contributed by atoms with Crippen LogP contribution in [-0.2, 0) is 12.8 Å². The summed E-state index contributed by atoms with van der Waals surface area (Å²) in [5, 5.41) is 0. The number of H-pyrrole nitrogens is 1. The van der Waals surface area contributed by atoms with Crippen LogP contribution in [0.15, 0.2) is 29.1 Å². The van der Waals surface area contributed by atoms with Crippen LogP contribution in [0.4, 0.5) is 0 Å². The first kappa shape index (κ1) is 12.9. The normalized spacial score (nSPS) is 13.6. The summed E-state index contributed by atoms with van der Waals surface area (Å²) in [5.74, 6) is 1.47. The van der Waals surface area contributed by atoms with Gasteiger partial charge in [0.1, 0.15) is 11.6 Å². The van der Waals surface area contributed by atoms with Gasteiger partial charge >= 0.3 is 0 Å². The minimum atomic E-state index is 0.00464. The number of fused-ring (bicyclic) bond motifs is 1. The molecule has 1 aromatic carbocycles. The van der Waals surface area contributed by atoms with E-state index >= 15 is 0 Å². The van der Waals surface area contributed by atoms with E-state index in [1.54, 1.807) is 0 Å². The molecule has 4 nitrogen and oxygen atoms in total. The average Bonchev–Trinajstić information content (AvgIpc) is 2.87. The minimum Gasteiger partial charge on any atom is -0.491 e. The standard InChI is InChI=1S/C16H18N2O2/c1-10(2)20-12-8-6-11(7-9-12)15-17-14-5-3-4-13(14)16(19)18-15/h6-10H,3-5H2,1-2H3,(H,17,18,19). The summed E-state index contributed by atoms with van der Waals surface area (Å²) in [5.41, 5.74) is 2.72. The van der Waals surface area contributed by atoms with Crippen LogP contribution in [0, 0.1) is 0 Å². The molecule has 2 aromatic rings. The van der Waals surface area contributed by atoms with Crippen molar-refractivity contribution >= 4 is 0 Å². The molecule has 1 aliphatic carbocycles. The van der Waals surface area contributed by atoms with Crippen LogP contribution in [0.3, 0.4) is 0 Å². The van der Waals surface area contributed by atoms with Crippen LogP contribution in [-0.4, -0.2) is 16.1 Å². The van der Waals surface area contributed by atoms with Crippen LogP contribution < -0.4 is 10.3 Å². The minimum absolute atomic E-state index is 0.00464. The van der Waals surface area contributed by atoms with Crippen molar-refractivity contribution in [1.29, 1.82) is 0 Å². The maximum atomic E-state index is 12.0. The van der Waals surface area contributed by atoms with Gasteiger partial charge in [-0.05, 0) is 57.4 Å². The van der Waals surface area contributed by atoms with Crippen LogP contribution in [0.1, 0.15) is 31.5 Å². The van der Waals surface area contributed by atoms with E-state index in [9.17, 15) is 4.79 Å². The van der Waals surface area contributed by atoms with Crippen LogP contribution in [0.2, 0.25) is 0 Å². The van der Waals surface area contributed by atoms with Crippen LogP contribution in [0.25, 0.3) is 11.4 Å². The first-order valence-electron chi connectivity index (χ1n) is 7.02. The van der Waals surface area contributed by atoms with E-state index in [4.69, 9.17) is 4.74 Å². The van der Waals surface area contributed by atoms with Crippen molar-refractivity contribution in [3.63, 3.8) is 0 Å². The van der Waals surface area contributed by atoms with Gasteiger partial charge in [0.25, 0.3) is 5.56 Å². The molecular formula is C16H18N2O2. The van der Waals surface area contributed by atoms with Gasteiger partial charge in [-0.2, -0.15) is 0 Å². The molecule has 0 fully saturated rings. The van der Waals surface area contributed by atoms with E-state index in [2.05, 4.69) is 9.97 Å². The summed E-state index contributed by atoms with van der Waals surface area (Å²) in [7, 11) is 0. The Morgan fingerprint density at radius 1 is 1.20 bits per heavy atom. The van der Waals surface area contributed by atoms with Crippen molar-refractivity contribution in [3.05, 3.63) is 45.9 Å². The summed E-state index contributed by atoms with van der Waals surface area (Å²) in [6.07, 6.45) is 2.93. The molecule has 20 heavy (non-hydrogen) atoms. The molecule has 1 aromatic heterocycles. The van der Waals surface area contributed by atoms with Crippen molar-refractivity contribution in [2.45, 2.75) is 39.2 Å². The third kappa shape index (κ3) is 2.46. The van der Waals surface area contributed by atoms with Gasteiger partial charge in [0.2, 0.25) is 0 Å². The number of aromatic amines is 1. The molecular weight excluding hydrogens is 252 g/mol. The second-order valence-corrected chi connectivity index (χ2v) is 5.38. The highest BCUT2D eigenvalue weighted by atomic mass is 16.5. The third-order valence-electron chi connectivity index (χ3n) is 3.44. The molecule has 0 unspecified atom stereocenters. The van der Waals surface area contributed by atoms with Gasteiger partial charge in [-0.15, -0.1) is 0 Å². The van der Waals surface area contributed by atoms with Gasteiger partial charge in [-0.3, -0.25) is 4.79 Å². The SMILES string of the molecule is CC(C)Oc1ccc(-c2nc3c(c(=O)[nH]2)CCC3)cc1. The number of aromatic nitrogens is 2. The van der Waals surface area contributed by atoms with E-state index < -0.39 is 0 Å². The molecule has 0 saturated carbocycles.